The minimum absolute atomic E-state index is 0.166. The zero-order valence-corrected chi connectivity index (χ0v) is 14.6. The van der Waals surface area contributed by atoms with Gasteiger partial charge in [-0.15, -0.1) is 11.3 Å². The highest BCUT2D eigenvalue weighted by molar-refractivity contribution is 7.12. The molecule has 0 aliphatic rings. The molecule has 6 nitrogen and oxygen atoms in total. The average Bonchev–Trinajstić information content (AvgIpc) is 3.09. The molecule has 0 spiro atoms. The number of thiophene rings is 1. The molecule has 0 atom stereocenters. The highest BCUT2D eigenvalue weighted by Crippen LogP contribution is 2.28. The van der Waals surface area contributed by atoms with Crippen molar-refractivity contribution < 1.29 is 14.3 Å². The molecule has 1 heterocycles. The lowest BCUT2D eigenvalue weighted by atomic mass is 10.1. The average molecular weight is 355 g/mol. The number of ether oxygens (including phenoxy) is 1. The van der Waals surface area contributed by atoms with Gasteiger partial charge in [-0.05, 0) is 30.9 Å². The lowest BCUT2D eigenvalue weighted by Crippen LogP contribution is -2.34. The van der Waals surface area contributed by atoms with Crippen LogP contribution in [0.5, 0.6) is 0 Å². The van der Waals surface area contributed by atoms with Crippen LogP contribution < -0.4 is 10.9 Å². The summed E-state index contributed by atoms with van der Waals surface area (Å²) in [5, 5.41) is 10.8. The molecule has 1 aromatic heterocycles. The molecule has 128 valence electrons. The lowest BCUT2D eigenvalue weighted by molar-refractivity contribution is -0.138. The molecular weight excluding hydrogens is 338 g/mol. The Kier molecular flexibility index (Phi) is 6.32. The Morgan fingerprint density at radius 3 is 2.64 bits per heavy atom. The summed E-state index contributed by atoms with van der Waals surface area (Å²) in [4.78, 5) is 24.3. The van der Waals surface area contributed by atoms with Crippen molar-refractivity contribution in [3.05, 3.63) is 57.9 Å². The normalized spacial score (nSPS) is 10.7. The maximum absolute atomic E-state index is 12.3. The van der Waals surface area contributed by atoms with Gasteiger partial charge in [0.2, 0.25) is 0 Å². The molecule has 7 heteroatoms. The van der Waals surface area contributed by atoms with Gasteiger partial charge in [-0.1, -0.05) is 29.8 Å². The minimum Gasteiger partial charge on any atom is -0.462 e. The van der Waals surface area contributed by atoms with E-state index in [0.29, 0.717) is 4.88 Å². The van der Waals surface area contributed by atoms with Crippen LogP contribution in [0.1, 0.15) is 22.2 Å². The first-order valence-corrected chi connectivity index (χ1v) is 8.42. The molecule has 0 saturated carbocycles. The summed E-state index contributed by atoms with van der Waals surface area (Å²) < 4.78 is 4.73. The lowest BCUT2D eigenvalue weighted by Gasteiger charge is -2.07. The number of esters is 1. The molecule has 1 amide bonds. The molecule has 2 aromatic rings. The predicted octanol–water partition coefficient (Wildman–Crippen LogP) is 2.93. The number of aryl methyl sites for hydroxylation is 1. The van der Waals surface area contributed by atoms with Crippen molar-refractivity contribution in [1.82, 2.24) is 10.9 Å². The number of carbonyl (C=O) groups excluding carboxylic acids is 2. The summed E-state index contributed by atoms with van der Waals surface area (Å²) in [6.45, 7) is 3.81. The van der Waals surface area contributed by atoms with Crippen molar-refractivity contribution in [3.8, 4) is 17.2 Å². The Hall–Kier alpha value is -3.11. The van der Waals surface area contributed by atoms with Crippen molar-refractivity contribution in [3.63, 3.8) is 0 Å². The fourth-order valence-electron chi connectivity index (χ4n) is 2.02. The standard InChI is InChI=1S/C18H17N3O3S/c1-3-24-18(23)14(10-19)11-20-21-17(22)16-15(8-9-25-16)13-6-4-12(2)5-7-13/h4-9,11,20H,3H2,1-2H3,(H,21,22)/b14-11+. The quantitative estimate of drug-likeness (QED) is 0.360. The maximum atomic E-state index is 12.3. The summed E-state index contributed by atoms with van der Waals surface area (Å²) in [6, 6.07) is 11.5. The molecule has 0 saturated heterocycles. The Morgan fingerprint density at radius 1 is 1.28 bits per heavy atom. The van der Waals surface area contributed by atoms with Crippen LogP contribution in [0.15, 0.2) is 47.5 Å². The third kappa shape index (κ3) is 4.68. The molecule has 0 unspecified atom stereocenters. The van der Waals surface area contributed by atoms with Crippen LogP contribution in [0.3, 0.4) is 0 Å². The van der Waals surface area contributed by atoms with E-state index in [-0.39, 0.29) is 18.1 Å². The summed E-state index contributed by atoms with van der Waals surface area (Å²) in [6.07, 6.45) is 1.11. The van der Waals surface area contributed by atoms with Gasteiger partial charge in [0.25, 0.3) is 5.91 Å². The van der Waals surface area contributed by atoms with Crippen molar-refractivity contribution in [2.24, 2.45) is 0 Å². The molecule has 2 N–H and O–H groups in total. The first kappa shape index (κ1) is 18.2. The van der Waals surface area contributed by atoms with Gasteiger partial charge in [-0.2, -0.15) is 5.26 Å². The van der Waals surface area contributed by atoms with Crippen LogP contribution in [0.25, 0.3) is 11.1 Å². The largest absolute Gasteiger partial charge is 0.462 e. The Morgan fingerprint density at radius 2 is 2.00 bits per heavy atom. The topological polar surface area (TPSA) is 91.2 Å². The number of carbonyl (C=O) groups is 2. The van der Waals surface area contributed by atoms with E-state index in [9.17, 15) is 9.59 Å². The van der Waals surface area contributed by atoms with E-state index in [4.69, 9.17) is 10.00 Å². The summed E-state index contributed by atoms with van der Waals surface area (Å²) in [5.74, 6) is -1.11. The molecule has 0 fully saturated rings. The van der Waals surface area contributed by atoms with Crippen LogP contribution in [-0.2, 0) is 9.53 Å². The van der Waals surface area contributed by atoms with Crippen LogP contribution in [-0.4, -0.2) is 18.5 Å². The van der Waals surface area contributed by atoms with Gasteiger partial charge < -0.3 is 10.2 Å². The number of nitrogens with zero attached hydrogens (tertiary/aromatic N) is 1. The number of hydrogen-bond donors (Lipinski definition) is 2. The Bertz CT molecular complexity index is 832. The highest BCUT2D eigenvalue weighted by atomic mass is 32.1. The number of hydrazine groups is 1. The zero-order chi connectivity index (χ0) is 18.2. The molecule has 1 aromatic carbocycles. The van der Waals surface area contributed by atoms with Crippen molar-refractivity contribution in [2.75, 3.05) is 6.61 Å². The molecule has 0 aliphatic heterocycles. The van der Waals surface area contributed by atoms with Gasteiger partial charge in [-0.3, -0.25) is 10.2 Å². The Balaban J connectivity index is 2.08. The van der Waals surface area contributed by atoms with Gasteiger partial charge >= 0.3 is 5.97 Å². The fourth-order valence-corrected chi connectivity index (χ4v) is 2.83. The first-order valence-electron chi connectivity index (χ1n) is 7.54. The first-order chi connectivity index (χ1) is 12.1. The smallest absolute Gasteiger partial charge is 0.350 e. The van der Waals surface area contributed by atoms with E-state index >= 15 is 0 Å². The maximum Gasteiger partial charge on any atom is 0.350 e. The number of rotatable bonds is 6. The van der Waals surface area contributed by atoms with Gasteiger partial charge in [0.1, 0.15) is 10.9 Å². The molecule has 25 heavy (non-hydrogen) atoms. The van der Waals surface area contributed by atoms with Gasteiger partial charge in [0.05, 0.1) is 6.61 Å². The molecule has 0 aliphatic carbocycles. The van der Waals surface area contributed by atoms with E-state index in [1.54, 1.807) is 13.0 Å². The van der Waals surface area contributed by atoms with Crippen LogP contribution >= 0.6 is 11.3 Å². The molecule has 0 bridgehead atoms. The summed E-state index contributed by atoms with van der Waals surface area (Å²) in [7, 11) is 0. The second-order valence-corrected chi connectivity index (χ2v) is 5.93. The number of hydrogen-bond acceptors (Lipinski definition) is 6. The second-order valence-electron chi connectivity index (χ2n) is 5.02. The van der Waals surface area contributed by atoms with Crippen molar-refractivity contribution in [2.45, 2.75) is 13.8 Å². The molecule has 0 radical (unpaired) electrons. The Labute approximate surface area is 149 Å². The third-order valence-electron chi connectivity index (χ3n) is 3.25. The molecule has 2 rings (SSSR count). The SMILES string of the molecule is CCOC(=O)/C(C#N)=C/NNC(=O)c1sccc1-c1ccc(C)cc1. The van der Waals surface area contributed by atoms with Crippen LogP contribution in [0, 0.1) is 18.3 Å². The van der Waals surface area contributed by atoms with Crippen molar-refractivity contribution in [1.29, 1.82) is 5.26 Å². The number of benzene rings is 1. The second kappa shape index (κ2) is 8.66. The zero-order valence-electron chi connectivity index (χ0n) is 13.8. The van der Waals surface area contributed by atoms with E-state index < -0.39 is 5.97 Å². The predicted molar refractivity (Wildman–Crippen MR) is 95.4 cm³/mol. The van der Waals surface area contributed by atoms with Gasteiger partial charge in [0, 0.05) is 11.8 Å². The van der Waals surface area contributed by atoms with E-state index in [2.05, 4.69) is 10.9 Å². The number of nitriles is 1. The highest BCUT2D eigenvalue weighted by Gasteiger charge is 2.15. The van der Waals surface area contributed by atoms with E-state index in [0.717, 1.165) is 22.9 Å². The van der Waals surface area contributed by atoms with E-state index in [1.165, 1.54) is 11.3 Å². The van der Waals surface area contributed by atoms with Crippen LogP contribution in [0.4, 0.5) is 0 Å². The summed E-state index contributed by atoms with van der Waals surface area (Å²) in [5.41, 5.74) is 7.60. The minimum atomic E-state index is -0.747. The monoisotopic (exact) mass is 355 g/mol. The fraction of sp³-hybridized carbons (Fsp3) is 0.167. The van der Waals surface area contributed by atoms with Gasteiger partial charge in [0.15, 0.2) is 5.57 Å². The van der Waals surface area contributed by atoms with E-state index in [1.807, 2.05) is 42.6 Å². The van der Waals surface area contributed by atoms with Crippen molar-refractivity contribution >= 4 is 23.2 Å². The van der Waals surface area contributed by atoms with Gasteiger partial charge in [-0.25, -0.2) is 4.79 Å². The number of amides is 1. The third-order valence-corrected chi connectivity index (χ3v) is 4.17. The number of nitrogens with one attached hydrogen (secondary N) is 2. The van der Waals surface area contributed by atoms with Crippen LogP contribution in [0.2, 0.25) is 0 Å². The summed E-state index contributed by atoms with van der Waals surface area (Å²) >= 11 is 1.31. The molecular formula is C18H17N3O3S.